The molecule has 0 aromatic heterocycles. The van der Waals surface area contributed by atoms with Crippen molar-refractivity contribution in [3.05, 3.63) is 77.3 Å². The monoisotopic (exact) mass is 367 g/mol. The van der Waals surface area contributed by atoms with Gasteiger partial charge in [-0.3, -0.25) is 9.59 Å². The van der Waals surface area contributed by atoms with Gasteiger partial charge in [0.25, 0.3) is 5.91 Å². The minimum absolute atomic E-state index is 0.150. The summed E-state index contributed by atoms with van der Waals surface area (Å²) in [6.45, 7) is 0.407. The van der Waals surface area contributed by atoms with Crippen LogP contribution in [-0.4, -0.2) is 18.4 Å². The highest BCUT2D eigenvalue weighted by atomic mass is 35.5. The number of hydrogen-bond donors (Lipinski definition) is 1. The van der Waals surface area contributed by atoms with Crippen LogP contribution in [0.4, 0.5) is 0 Å². The van der Waals surface area contributed by atoms with Crippen LogP contribution in [0, 0.1) is 0 Å². The maximum atomic E-state index is 12.1. The average Bonchev–Trinajstić information content (AvgIpc) is 2.68. The summed E-state index contributed by atoms with van der Waals surface area (Å²) in [6.07, 6.45) is 0.717. The minimum Gasteiger partial charge on any atom is -0.426 e. The molecule has 3 aromatic rings. The van der Waals surface area contributed by atoms with Gasteiger partial charge in [0.05, 0.1) is 0 Å². The molecule has 0 aliphatic carbocycles. The van der Waals surface area contributed by atoms with E-state index in [1.165, 1.54) is 0 Å². The van der Waals surface area contributed by atoms with Crippen molar-refractivity contribution in [2.45, 2.75) is 12.8 Å². The fraction of sp³-hybridized carbons (Fsp3) is 0.143. The number of halogens is 1. The maximum Gasteiger partial charge on any atom is 0.311 e. The molecule has 0 radical (unpaired) electrons. The zero-order valence-corrected chi connectivity index (χ0v) is 14.8. The zero-order valence-electron chi connectivity index (χ0n) is 14.1. The van der Waals surface area contributed by atoms with Gasteiger partial charge in [0.2, 0.25) is 0 Å². The van der Waals surface area contributed by atoms with E-state index in [0.717, 1.165) is 10.8 Å². The van der Waals surface area contributed by atoms with E-state index in [1.807, 2.05) is 42.5 Å². The summed E-state index contributed by atoms with van der Waals surface area (Å²) in [5.74, 6) is -0.00239. The van der Waals surface area contributed by atoms with Crippen molar-refractivity contribution in [3.63, 3.8) is 0 Å². The van der Waals surface area contributed by atoms with Gasteiger partial charge in [0.15, 0.2) is 0 Å². The summed E-state index contributed by atoms with van der Waals surface area (Å²) in [6, 6.07) is 19.9. The van der Waals surface area contributed by atoms with Gasteiger partial charge in [0, 0.05) is 34.3 Å². The molecular formula is C21H18ClNO3. The minimum atomic E-state index is -0.341. The number of rotatable bonds is 6. The van der Waals surface area contributed by atoms with Crippen LogP contribution in [0.25, 0.3) is 10.8 Å². The first kappa shape index (κ1) is 18.0. The Balaban J connectivity index is 1.51. The summed E-state index contributed by atoms with van der Waals surface area (Å²) >= 11 is 6.17. The number of carbonyl (C=O) groups is 2. The van der Waals surface area contributed by atoms with Crippen LogP contribution >= 0.6 is 11.6 Å². The third-order valence-corrected chi connectivity index (χ3v) is 4.26. The average molecular weight is 368 g/mol. The molecular weight excluding hydrogens is 350 g/mol. The Labute approximate surface area is 156 Å². The lowest BCUT2D eigenvalue weighted by molar-refractivity contribution is -0.134. The molecule has 0 aliphatic rings. The summed E-state index contributed by atoms with van der Waals surface area (Å²) in [5.41, 5.74) is 0.600. The lowest BCUT2D eigenvalue weighted by Crippen LogP contribution is -2.25. The van der Waals surface area contributed by atoms with Crippen molar-refractivity contribution in [2.75, 3.05) is 6.54 Å². The third kappa shape index (κ3) is 4.41. The number of amides is 1. The summed E-state index contributed by atoms with van der Waals surface area (Å²) < 4.78 is 5.46. The van der Waals surface area contributed by atoms with Crippen molar-refractivity contribution in [3.8, 4) is 5.75 Å². The van der Waals surface area contributed by atoms with E-state index in [9.17, 15) is 9.59 Å². The quantitative estimate of drug-likeness (QED) is 0.393. The Morgan fingerprint density at radius 3 is 2.35 bits per heavy atom. The molecule has 3 rings (SSSR count). The van der Waals surface area contributed by atoms with Gasteiger partial charge in [-0.15, -0.1) is 0 Å². The summed E-state index contributed by atoms with van der Waals surface area (Å²) in [5, 5.41) is 5.05. The van der Waals surface area contributed by atoms with Crippen LogP contribution < -0.4 is 10.1 Å². The van der Waals surface area contributed by atoms with E-state index in [4.69, 9.17) is 16.3 Å². The van der Waals surface area contributed by atoms with Gasteiger partial charge in [-0.2, -0.15) is 0 Å². The standard InChI is InChI=1S/C21H18ClNO3/c22-18-12-13-19(17-10-5-4-9-16(17)18)26-20(24)11-6-14-23-21(25)15-7-2-1-3-8-15/h1-5,7-10,12-13H,6,11,14H2,(H,23,25). The Morgan fingerprint density at radius 2 is 1.58 bits per heavy atom. The van der Waals surface area contributed by atoms with Crippen molar-refractivity contribution in [1.29, 1.82) is 0 Å². The molecule has 0 atom stereocenters. The normalized spacial score (nSPS) is 10.5. The summed E-state index contributed by atoms with van der Waals surface area (Å²) in [7, 11) is 0. The second-order valence-electron chi connectivity index (χ2n) is 5.79. The number of ether oxygens (including phenoxy) is 1. The largest absolute Gasteiger partial charge is 0.426 e. The lowest BCUT2D eigenvalue weighted by Gasteiger charge is -2.09. The molecule has 132 valence electrons. The van der Waals surface area contributed by atoms with Crippen molar-refractivity contribution >= 4 is 34.2 Å². The number of carbonyl (C=O) groups excluding carboxylic acids is 2. The lowest BCUT2D eigenvalue weighted by atomic mass is 10.1. The van der Waals surface area contributed by atoms with E-state index in [2.05, 4.69) is 5.32 Å². The number of hydrogen-bond acceptors (Lipinski definition) is 3. The van der Waals surface area contributed by atoms with Crippen molar-refractivity contribution in [2.24, 2.45) is 0 Å². The van der Waals surface area contributed by atoms with Crippen molar-refractivity contribution in [1.82, 2.24) is 5.32 Å². The number of benzene rings is 3. The molecule has 26 heavy (non-hydrogen) atoms. The van der Waals surface area contributed by atoms with Crippen LogP contribution in [0.15, 0.2) is 66.7 Å². The SMILES string of the molecule is O=C(CCCNC(=O)c1ccccc1)Oc1ccc(Cl)c2ccccc12. The predicted octanol–water partition coefficient (Wildman–Crippen LogP) is 4.61. The van der Waals surface area contributed by atoms with Gasteiger partial charge in [-0.1, -0.05) is 54.1 Å². The van der Waals surface area contributed by atoms with Gasteiger partial charge in [-0.25, -0.2) is 0 Å². The molecule has 0 bridgehead atoms. The van der Waals surface area contributed by atoms with E-state index < -0.39 is 0 Å². The Morgan fingerprint density at radius 1 is 0.885 bits per heavy atom. The molecule has 4 nitrogen and oxygen atoms in total. The third-order valence-electron chi connectivity index (χ3n) is 3.93. The highest BCUT2D eigenvalue weighted by Gasteiger charge is 2.10. The second-order valence-corrected chi connectivity index (χ2v) is 6.20. The van der Waals surface area contributed by atoms with Gasteiger partial charge < -0.3 is 10.1 Å². The molecule has 1 N–H and O–H groups in total. The van der Waals surface area contributed by atoms with E-state index in [-0.39, 0.29) is 18.3 Å². The molecule has 0 unspecified atom stereocenters. The van der Waals surface area contributed by atoms with Crippen LogP contribution in [-0.2, 0) is 4.79 Å². The molecule has 0 fully saturated rings. The Bertz CT molecular complexity index is 925. The fourth-order valence-corrected chi connectivity index (χ4v) is 2.85. The first-order chi connectivity index (χ1) is 12.6. The van der Waals surface area contributed by atoms with Crippen molar-refractivity contribution < 1.29 is 14.3 Å². The molecule has 0 spiro atoms. The molecule has 3 aromatic carbocycles. The zero-order chi connectivity index (χ0) is 18.4. The molecule has 0 saturated carbocycles. The predicted molar refractivity (Wildman–Crippen MR) is 103 cm³/mol. The van der Waals surface area contributed by atoms with E-state index in [0.29, 0.717) is 29.3 Å². The molecule has 5 heteroatoms. The first-order valence-electron chi connectivity index (χ1n) is 8.36. The van der Waals surface area contributed by atoms with Gasteiger partial charge >= 0.3 is 5.97 Å². The van der Waals surface area contributed by atoms with Gasteiger partial charge in [-0.05, 0) is 30.7 Å². The number of nitrogens with one attached hydrogen (secondary N) is 1. The smallest absolute Gasteiger partial charge is 0.311 e. The Kier molecular flexibility index (Phi) is 5.87. The fourth-order valence-electron chi connectivity index (χ4n) is 2.62. The van der Waals surface area contributed by atoms with Crippen LogP contribution in [0.5, 0.6) is 5.75 Å². The van der Waals surface area contributed by atoms with Crippen LogP contribution in [0.3, 0.4) is 0 Å². The summed E-state index contributed by atoms with van der Waals surface area (Å²) in [4.78, 5) is 24.0. The number of esters is 1. The number of fused-ring (bicyclic) bond motifs is 1. The Hall–Kier alpha value is -2.85. The van der Waals surface area contributed by atoms with E-state index >= 15 is 0 Å². The van der Waals surface area contributed by atoms with Gasteiger partial charge in [0.1, 0.15) is 5.75 Å². The van der Waals surface area contributed by atoms with E-state index in [1.54, 1.807) is 24.3 Å². The maximum absolute atomic E-state index is 12.1. The van der Waals surface area contributed by atoms with Crippen LogP contribution in [0.1, 0.15) is 23.2 Å². The second kappa shape index (κ2) is 8.50. The topological polar surface area (TPSA) is 55.4 Å². The molecule has 1 amide bonds. The van der Waals surface area contributed by atoms with Crippen LogP contribution in [0.2, 0.25) is 5.02 Å². The molecule has 0 heterocycles. The highest BCUT2D eigenvalue weighted by Crippen LogP contribution is 2.31. The first-order valence-corrected chi connectivity index (χ1v) is 8.74. The molecule has 0 saturated heterocycles. The highest BCUT2D eigenvalue weighted by molar-refractivity contribution is 6.35. The molecule has 0 aliphatic heterocycles.